The van der Waals surface area contributed by atoms with Gasteiger partial charge in [0.05, 0.1) is 5.69 Å². The van der Waals surface area contributed by atoms with Gasteiger partial charge in [-0.3, -0.25) is 5.84 Å². The zero-order valence-electron chi connectivity index (χ0n) is 15.0. The molecule has 0 radical (unpaired) electrons. The van der Waals surface area contributed by atoms with Crippen molar-refractivity contribution in [2.75, 3.05) is 5.43 Å². The second-order valence-corrected chi connectivity index (χ2v) is 7.31. The Morgan fingerprint density at radius 3 is 1.61 bits per heavy atom. The molecule has 0 aliphatic carbocycles. The third-order valence-electron chi connectivity index (χ3n) is 4.71. The molecule has 138 valence electrons. The van der Waals surface area contributed by atoms with E-state index in [4.69, 9.17) is 29.0 Å². The van der Waals surface area contributed by atoms with E-state index in [0.717, 1.165) is 39.1 Å². The molecule has 0 spiro atoms. The molecule has 0 aliphatic heterocycles. The van der Waals surface area contributed by atoms with E-state index < -0.39 is 0 Å². The molecular formula is C24H18Cl2N2. The predicted octanol–water partition coefficient (Wildman–Crippen LogP) is 7.28. The van der Waals surface area contributed by atoms with E-state index in [2.05, 4.69) is 23.6 Å². The van der Waals surface area contributed by atoms with E-state index in [1.807, 2.05) is 72.8 Å². The van der Waals surface area contributed by atoms with Gasteiger partial charge in [-0.15, -0.1) is 0 Å². The highest BCUT2D eigenvalue weighted by Gasteiger charge is 2.18. The summed E-state index contributed by atoms with van der Waals surface area (Å²) >= 11 is 12.3. The van der Waals surface area contributed by atoms with Gasteiger partial charge in [-0.1, -0.05) is 83.9 Å². The minimum atomic E-state index is 0.693. The summed E-state index contributed by atoms with van der Waals surface area (Å²) < 4.78 is 0. The summed E-state index contributed by atoms with van der Waals surface area (Å²) in [4.78, 5) is 0. The lowest BCUT2D eigenvalue weighted by atomic mass is 9.86. The number of rotatable bonds is 4. The predicted molar refractivity (Wildman–Crippen MR) is 121 cm³/mol. The smallest absolute Gasteiger partial charge is 0.0570 e. The molecule has 0 atom stereocenters. The Kier molecular flexibility index (Phi) is 5.36. The van der Waals surface area contributed by atoms with Gasteiger partial charge in [0, 0.05) is 15.6 Å². The highest BCUT2D eigenvalue weighted by Crippen LogP contribution is 2.44. The van der Waals surface area contributed by atoms with Gasteiger partial charge >= 0.3 is 0 Å². The maximum absolute atomic E-state index is 6.14. The van der Waals surface area contributed by atoms with Crippen LogP contribution in [0, 0.1) is 0 Å². The average Bonchev–Trinajstić information content (AvgIpc) is 2.74. The summed E-state index contributed by atoms with van der Waals surface area (Å²) in [7, 11) is 0. The standard InChI is InChI=1S/C24H18Cl2N2/c25-19-10-6-17(7-11-19)23-21(16-4-2-1-3-5-16)14-15-22(28-27)24(23)18-8-12-20(26)13-9-18/h1-15,28H,27H2. The number of hydrogen-bond acceptors (Lipinski definition) is 2. The van der Waals surface area contributed by atoms with Gasteiger partial charge in [-0.05, 0) is 58.1 Å². The van der Waals surface area contributed by atoms with Gasteiger partial charge in [0.15, 0.2) is 0 Å². The van der Waals surface area contributed by atoms with Crippen molar-refractivity contribution in [3.63, 3.8) is 0 Å². The van der Waals surface area contributed by atoms with Crippen LogP contribution in [0.15, 0.2) is 91.0 Å². The maximum Gasteiger partial charge on any atom is 0.0570 e. The Hall–Kier alpha value is -2.78. The highest BCUT2D eigenvalue weighted by molar-refractivity contribution is 6.31. The van der Waals surface area contributed by atoms with Crippen LogP contribution in [0.5, 0.6) is 0 Å². The van der Waals surface area contributed by atoms with Crippen LogP contribution in [0.3, 0.4) is 0 Å². The molecule has 0 heterocycles. The Balaban J connectivity index is 2.07. The molecule has 3 N–H and O–H groups in total. The molecule has 4 heteroatoms. The maximum atomic E-state index is 6.14. The molecule has 2 nitrogen and oxygen atoms in total. The van der Waals surface area contributed by atoms with Gasteiger partial charge in [0.1, 0.15) is 0 Å². The zero-order chi connectivity index (χ0) is 19.5. The van der Waals surface area contributed by atoms with Crippen LogP contribution in [-0.4, -0.2) is 0 Å². The van der Waals surface area contributed by atoms with Crippen molar-refractivity contribution < 1.29 is 0 Å². The Morgan fingerprint density at radius 2 is 1.07 bits per heavy atom. The quantitative estimate of drug-likeness (QED) is 0.277. The van der Waals surface area contributed by atoms with Crippen LogP contribution in [0.25, 0.3) is 33.4 Å². The van der Waals surface area contributed by atoms with Crippen LogP contribution in [-0.2, 0) is 0 Å². The first-order valence-electron chi connectivity index (χ1n) is 8.88. The van der Waals surface area contributed by atoms with Crippen LogP contribution in [0.1, 0.15) is 0 Å². The molecule has 4 aromatic carbocycles. The molecule has 0 unspecified atom stereocenters. The van der Waals surface area contributed by atoms with Crippen molar-refractivity contribution in [1.82, 2.24) is 0 Å². The van der Waals surface area contributed by atoms with Crippen molar-refractivity contribution in [2.45, 2.75) is 0 Å². The molecule has 0 aromatic heterocycles. The monoisotopic (exact) mass is 404 g/mol. The van der Waals surface area contributed by atoms with Gasteiger partial charge < -0.3 is 5.43 Å². The largest absolute Gasteiger partial charge is 0.323 e. The number of hydrazine groups is 1. The van der Waals surface area contributed by atoms with Crippen LogP contribution in [0.4, 0.5) is 5.69 Å². The number of hydrogen-bond donors (Lipinski definition) is 2. The van der Waals surface area contributed by atoms with Gasteiger partial charge in [0.25, 0.3) is 0 Å². The summed E-state index contributed by atoms with van der Waals surface area (Å²) in [5.41, 5.74) is 10.1. The number of nitrogen functional groups attached to an aromatic ring is 1. The fourth-order valence-electron chi connectivity index (χ4n) is 3.41. The van der Waals surface area contributed by atoms with E-state index in [0.29, 0.717) is 10.0 Å². The molecule has 0 bridgehead atoms. The second-order valence-electron chi connectivity index (χ2n) is 6.43. The fourth-order valence-corrected chi connectivity index (χ4v) is 3.67. The number of anilines is 1. The molecule has 4 aromatic rings. The lowest BCUT2D eigenvalue weighted by Crippen LogP contribution is -2.09. The van der Waals surface area contributed by atoms with E-state index >= 15 is 0 Å². The number of halogens is 2. The summed E-state index contributed by atoms with van der Waals surface area (Å²) in [5.74, 6) is 5.88. The summed E-state index contributed by atoms with van der Waals surface area (Å²) in [6.07, 6.45) is 0. The highest BCUT2D eigenvalue weighted by atomic mass is 35.5. The molecule has 0 saturated carbocycles. The van der Waals surface area contributed by atoms with E-state index in [9.17, 15) is 0 Å². The van der Waals surface area contributed by atoms with Gasteiger partial charge in [-0.25, -0.2) is 0 Å². The number of nitrogens with two attached hydrogens (primary N) is 1. The number of nitrogens with one attached hydrogen (secondary N) is 1. The zero-order valence-corrected chi connectivity index (χ0v) is 16.5. The first kappa shape index (κ1) is 18.6. The molecule has 0 saturated heterocycles. The SMILES string of the molecule is NNc1ccc(-c2ccccc2)c(-c2ccc(Cl)cc2)c1-c1ccc(Cl)cc1. The second kappa shape index (κ2) is 8.07. The van der Waals surface area contributed by atoms with Crippen molar-refractivity contribution in [2.24, 2.45) is 5.84 Å². The fraction of sp³-hybridized carbons (Fsp3) is 0. The van der Waals surface area contributed by atoms with E-state index in [-0.39, 0.29) is 0 Å². The van der Waals surface area contributed by atoms with Gasteiger partial charge in [-0.2, -0.15) is 0 Å². The van der Waals surface area contributed by atoms with Crippen LogP contribution >= 0.6 is 23.2 Å². The minimum Gasteiger partial charge on any atom is -0.323 e. The molecule has 0 fully saturated rings. The number of benzene rings is 4. The van der Waals surface area contributed by atoms with Crippen molar-refractivity contribution in [1.29, 1.82) is 0 Å². The lowest BCUT2D eigenvalue weighted by molar-refractivity contribution is 1.35. The van der Waals surface area contributed by atoms with E-state index in [1.54, 1.807) is 0 Å². The van der Waals surface area contributed by atoms with Crippen molar-refractivity contribution in [3.05, 3.63) is 101 Å². The molecule has 4 rings (SSSR count). The Labute approximate surface area is 174 Å². The third kappa shape index (κ3) is 3.63. The normalized spacial score (nSPS) is 10.7. The molecule has 0 aliphatic rings. The lowest BCUT2D eigenvalue weighted by Gasteiger charge is -2.20. The molecule has 28 heavy (non-hydrogen) atoms. The Morgan fingerprint density at radius 1 is 0.536 bits per heavy atom. The molecular weight excluding hydrogens is 387 g/mol. The molecule has 0 amide bonds. The first-order chi connectivity index (χ1) is 13.7. The van der Waals surface area contributed by atoms with Crippen molar-refractivity contribution >= 4 is 28.9 Å². The van der Waals surface area contributed by atoms with Crippen molar-refractivity contribution in [3.8, 4) is 33.4 Å². The summed E-state index contributed by atoms with van der Waals surface area (Å²) in [6.45, 7) is 0. The van der Waals surface area contributed by atoms with E-state index in [1.165, 1.54) is 0 Å². The summed E-state index contributed by atoms with van der Waals surface area (Å²) in [5, 5.41) is 1.39. The average molecular weight is 405 g/mol. The minimum absolute atomic E-state index is 0.693. The first-order valence-corrected chi connectivity index (χ1v) is 9.64. The third-order valence-corrected chi connectivity index (χ3v) is 5.22. The topological polar surface area (TPSA) is 38.0 Å². The van der Waals surface area contributed by atoms with Crippen LogP contribution < -0.4 is 11.3 Å². The van der Waals surface area contributed by atoms with Crippen LogP contribution in [0.2, 0.25) is 10.0 Å². The summed E-state index contributed by atoms with van der Waals surface area (Å²) in [6, 6.07) is 30.1. The Bertz CT molecular complexity index is 1090. The van der Waals surface area contributed by atoms with Gasteiger partial charge in [0.2, 0.25) is 0 Å².